The first-order valence-electron chi connectivity index (χ1n) is 7.15. The van der Waals surface area contributed by atoms with Gasteiger partial charge in [0, 0.05) is 11.1 Å². The first-order chi connectivity index (χ1) is 9.74. The third-order valence-electron chi connectivity index (χ3n) is 3.96. The van der Waals surface area contributed by atoms with E-state index >= 15 is 0 Å². The van der Waals surface area contributed by atoms with Gasteiger partial charge in [-0.1, -0.05) is 19.3 Å². The molecule has 3 rings (SSSR count). The highest BCUT2D eigenvalue weighted by atomic mass is 16.5. The summed E-state index contributed by atoms with van der Waals surface area (Å²) in [4.78, 5) is 12.1. The lowest BCUT2D eigenvalue weighted by atomic mass is 9.90. The van der Waals surface area contributed by atoms with Gasteiger partial charge >= 0.3 is 5.97 Å². The molecule has 0 spiro atoms. The van der Waals surface area contributed by atoms with Gasteiger partial charge in [-0.2, -0.15) is 5.10 Å². The van der Waals surface area contributed by atoms with Gasteiger partial charge in [0.25, 0.3) is 0 Å². The van der Waals surface area contributed by atoms with Crippen LogP contribution in [0.4, 0.5) is 5.69 Å². The number of aromatic nitrogens is 2. The Morgan fingerprint density at radius 2 is 2.15 bits per heavy atom. The van der Waals surface area contributed by atoms with Crippen molar-refractivity contribution in [2.45, 2.75) is 32.1 Å². The fourth-order valence-electron chi connectivity index (χ4n) is 2.80. The van der Waals surface area contributed by atoms with E-state index in [0.29, 0.717) is 23.9 Å². The minimum absolute atomic E-state index is 0.322. The maximum Gasteiger partial charge on any atom is 0.359 e. The fraction of sp³-hybridized carbons (Fsp3) is 0.467. The van der Waals surface area contributed by atoms with Crippen molar-refractivity contribution in [3.63, 3.8) is 0 Å². The van der Waals surface area contributed by atoms with Crippen LogP contribution in [-0.2, 0) is 4.74 Å². The van der Waals surface area contributed by atoms with E-state index in [0.717, 1.165) is 23.7 Å². The Morgan fingerprint density at radius 3 is 2.95 bits per heavy atom. The lowest BCUT2D eigenvalue weighted by Crippen LogP contribution is -2.17. The quantitative estimate of drug-likeness (QED) is 0.665. The molecule has 0 amide bonds. The largest absolute Gasteiger partial charge is 0.461 e. The highest BCUT2D eigenvalue weighted by molar-refractivity contribution is 6.02. The van der Waals surface area contributed by atoms with Gasteiger partial charge in [-0.3, -0.25) is 5.10 Å². The number of esters is 1. The number of carbonyl (C=O) groups is 1. The summed E-state index contributed by atoms with van der Waals surface area (Å²) in [7, 11) is 0. The molecule has 3 N–H and O–H groups in total. The molecule has 0 bridgehead atoms. The summed E-state index contributed by atoms with van der Waals surface area (Å²) in [6.07, 6.45) is 6.09. The minimum atomic E-state index is -0.368. The number of aromatic amines is 1. The van der Waals surface area contributed by atoms with Crippen molar-refractivity contribution in [2.24, 2.45) is 5.92 Å². The molecule has 2 aromatic rings. The molecule has 1 heterocycles. The zero-order valence-corrected chi connectivity index (χ0v) is 11.4. The van der Waals surface area contributed by atoms with Gasteiger partial charge in [-0.05, 0) is 37.0 Å². The molecule has 1 aromatic carbocycles. The number of anilines is 1. The van der Waals surface area contributed by atoms with Crippen LogP contribution in [0, 0.1) is 5.92 Å². The van der Waals surface area contributed by atoms with E-state index in [4.69, 9.17) is 10.5 Å². The van der Waals surface area contributed by atoms with Crippen LogP contribution in [0.25, 0.3) is 10.9 Å². The molecule has 0 saturated heterocycles. The van der Waals surface area contributed by atoms with Crippen LogP contribution < -0.4 is 5.73 Å². The molecule has 0 radical (unpaired) electrons. The minimum Gasteiger partial charge on any atom is -0.461 e. The number of hydrogen-bond donors (Lipinski definition) is 2. The van der Waals surface area contributed by atoms with Crippen LogP contribution in [0.3, 0.4) is 0 Å². The predicted octanol–water partition coefficient (Wildman–Crippen LogP) is 2.88. The van der Waals surface area contributed by atoms with Crippen molar-refractivity contribution < 1.29 is 9.53 Å². The van der Waals surface area contributed by atoms with E-state index in [-0.39, 0.29) is 5.97 Å². The maximum atomic E-state index is 12.1. The van der Waals surface area contributed by atoms with Gasteiger partial charge in [-0.15, -0.1) is 0 Å². The van der Waals surface area contributed by atoms with E-state index in [9.17, 15) is 4.79 Å². The number of rotatable bonds is 3. The highest BCUT2D eigenvalue weighted by Crippen LogP contribution is 2.25. The summed E-state index contributed by atoms with van der Waals surface area (Å²) in [5.41, 5.74) is 7.48. The monoisotopic (exact) mass is 273 g/mol. The number of nitrogens with one attached hydrogen (secondary N) is 1. The number of nitrogen functional groups attached to an aromatic ring is 1. The number of nitrogens with zero attached hydrogens (tertiary/aromatic N) is 1. The smallest absolute Gasteiger partial charge is 0.359 e. The molecule has 1 saturated carbocycles. The van der Waals surface area contributed by atoms with Crippen molar-refractivity contribution in [3.8, 4) is 0 Å². The third-order valence-corrected chi connectivity index (χ3v) is 3.96. The molecule has 1 aliphatic rings. The van der Waals surface area contributed by atoms with Crippen molar-refractivity contribution in [3.05, 3.63) is 23.9 Å². The number of fused-ring (bicyclic) bond motifs is 1. The normalized spacial score (nSPS) is 16.4. The molecule has 0 atom stereocenters. The number of ether oxygens (including phenoxy) is 1. The maximum absolute atomic E-state index is 12.1. The Morgan fingerprint density at radius 1 is 1.35 bits per heavy atom. The van der Waals surface area contributed by atoms with Crippen molar-refractivity contribution in [1.29, 1.82) is 0 Å². The standard InChI is InChI=1S/C15H19N3O2/c16-11-6-7-13-12(8-11)14(18-17-13)15(19)20-9-10-4-2-1-3-5-10/h6-8,10H,1-5,9,16H2,(H,17,18). The number of carbonyl (C=O) groups excluding carboxylic acids is 1. The average Bonchev–Trinajstić information content (AvgIpc) is 2.89. The Kier molecular flexibility index (Phi) is 3.58. The van der Waals surface area contributed by atoms with Crippen LogP contribution in [0.5, 0.6) is 0 Å². The van der Waals surface area contributed by atoms with Gasteiger partial charge in [0.2, 0.25) is 0 Å². The summed E-state index contributed by atoms with van der Waals surface area (Å²) < 4.78 is 5.41. The first-order valence-corrected chi connectivity index (χ1v) is 7.15. The fourth-order valence-corrected chi connectivity index (χ4v) is 2.80. The van der Waals surface area contributed by atoms with E-state index in [2.05, 4.69) is 10.2 Å². The molecular weight excluding hydrogens is 254 g/mol. The lowest BCUT2D eigenvalue weighted by molar-refractivity contribution is 0.0405. The van der Waals surface area contributed by atoms with E-state index in [1.54, 1.807) is 12.1 Å². The number of hydrogen-bond acceptors (Lipinski definition) is 4. The molecule has 5 nitrogen and oxygen atoms in total. The van der Waals surface area contributed by atoms with E-state index in [1.807, 2.05) is 6.07 Å². The van der Waals surface area contributed by atoms with E-state index < -0.39 is 0 Å². The van der Waals surface area contributed by atoms with Crippen LogP contribution in [0.2, 0.25) is 0 Å². The number of benzene rings is 1. The van der Waals surface area contributed by atoms with Gasteiger partial charge in [0.1, 0.15) is 0 Å². The molecule has 0 unspecified atom stereocenters. The molecule has 1 aromatic heterocycles. The Labute approximate surface area is 117 Å². The molecule has 5 heteroatoms. The van der Waals surface area contributed by atoms with Crippen molar-refractivity contribution in [2.75, 3.05) is 12.3 Å². The van der Waals surface area contributed by atoms with Crippen molar-refractivity contribution >= 4 is 22.6 Å². The zero-order chi connectivity index (χ0) is 13.9. The summed E-state index contributed by atoms with van der Waals surface area (Å²) in [6, 6.07) is 5.34. The molecule has 0 aliphatic heterocycles. The third kappa shape index (κ3) is 2.61. The van der Waals surface area contributed by atoms with E-state index in [1.165, 1.54) is 19.3 Å². The summed E-state index contributed by atoms with van der Waals surface area (Å²) >= 11 is 0. The highest BCUT2D eigenvalue weighted by Gasteiger charge is 2.19. The molecule has 20 heavy (non-hydrogen) atoms. The molecule has 1 aliphatic carbocycles. The zero-order valence-electron chi connectivity index (χ0n) is 11.4. The summed E-state index contributed by atoms with van der Waals surface area (Å²) in [6.45, 7) is 0.496. The predicted molar refractivity (Wildman–Crippen MR) is 77.4 cm³/mol. The topological polar surface area (TPSA) is 81.0 Å². The summed E-state index contributed by atoms with van der Waals surface area (Å²) in [5, 5.41) is 7.59. The molecule has 106 valence electrons. The number of H-pyrrole nitrogens is 1. The van der Waals surface area contributed by atoms with Crippen LogP contribution in [0.15, 0.2) is 18.2 Å². The lowest BCUT2D eigenvalue weighted by Gasteiger charge is -2.20. The Balaban J connectivity index is 1.70. The van der Waals surface area contributed by atoms with Crippen LogP contribution in [-0.4, -0.2) is 22.8 Å². The second-order valence-electron chi connectivity index (χ2n) is 5.48. The van der Waals surface area contributed by atoms with Crippen LogP contribution >= 0.6 is 0 Å². The number of nitrogens with two attached hydrogens (primary N) is 1. The van der Waals surface area contributed by atoms with Gasteiger partial charge < -0.3 is 10.5 Å². The Hall–Kier alpha value is -2.04. The van der Waals surface area contributed by atoms with Gasteiger partial charge in [-0.25, -0.2) is 4.79 Å². The van der Waals surface area contributed by atoms with Gasteiger partial charge in [0.15, 0.2) is 5.69 Å². The molecule has 1 fully saturated rings. The first kappa shape index (κ1) is 13.0. The second-order valence-corrected chi connectivity index (χ2v) is 5.48. The molecular formula is C15H19N3O2. The van der Waals surface area contributed by atoms with Crippen molar-refractivity contribution in [1.82, 2.24) is 10.2 Å². The average molecular weight is 273 g/mol. The summed E-state index contributed by atoms with van der Waals surface area (Å²) in [5.74, 6) is 0.135. The van der Waals surface area contributed by atoms with Crippen LogP contribution in [0.1, 0.15) is 42.6 Å². The Bertz CT molecular complexity index is 615. The second kappa shape index (κ2) is 5.53. The SMILES string of the molecule is Nc1ccc2[nH]nc(C(=O)OCC3CCCCC3)c2c1. The van der Waals surface area contributed by atoms with Gasteiger partial charge in [0.05, 0.1) is 12.1 Å².